The predicted octanol–water partition coefficient (Wildman–Crippen LogP) is 2.98. The minimum absolute atomic E-state index is 0.152. The maximum atomic E-state index is 12.9. The second-order valence-electron chi connectivity index (χ2n) is 7.64. The highest BCUT2D eigenvalue weighted by Crippen LogP contribution is 2.23. The van der Waals surface area contributed by atoms with Gasteiger partial charge >= 0.3 is 0 Å². The van der Waals surface area contributed by atoms with E-state index in [-0.39, 0.29) is 29.4 Å². The van der Waals surface area contributed by atoms with Crippen molar-refractivity contribution in [2.24, 2.45) is 0 Å². The van der Waals surface area contributed by atoms with E-state index in [4.69, 9.17) is 9.47 Å². The number of hydrogen-bond acceptors (Lipinski definition) is 5. The highest BCUT2D eigenvalue weighted by atomic mass is 32.2. The summed E-state index contributed by atoms with van der Waals surface area (Å²) in [6.07, 6.45) is -0.143. The molecule has 1 aliphatic rings. The minimum Gasteiger partial charge on any atom is -0.496 e. The van der Waals surface area contributed by atoms with E-state index < -0.39 is 10.0 Å². The lowest BCUT2D eigenvalue weighted by atomic mass is 10.1. The van der Waals surface area contributed by atoms with Gasteiger partial charge in [-0.15, -0.1) is 0 Å². The molecule has 1 heterocycles. The van der Waals surface area contributed by atoms with Crippen LogP contribution in [-0.2, 0) is 26.0 Å². The summed E-state index contributed by atoms with van der Waals surface area (Å²) in [6.45, 7) is 6.32. The van der Waals surface area contributed by atoms with Crippen molar-refractivity contribution in [3.05, 3.63) is 53.6 Å². The third kappa shape index (κ3) is 5.19. The Kier molecular flexibility index (Phi) is 6.80. The van der Waals surface area contributed by atoms with Crippen LogP contribution in [-0.4, -0.2) is 51.0 Å². The number of anilines is 1. The van der Waals surface area contributed by atoms with Crippen LogP contribution in [0.2, 0.25) is 0 Å². The number of aryl methyl sites for hydroxylation is 1. The summed E-state index contributed by atoms with van der Waals surface area (Å²) in [5.41, 5.74) is 2.37. The first kappa shape index (κ1) is 22.3. The van der Waals surface area contributed by atoms with E-state index in [0.29, 0.717) is 24.5 Å². The first-order valence-corrected chi connectivity index (χ1v) is 11.3. The van der Waals surface area contributed by atoms with E-state index in [1.807, 2.05) is 39.0 Å². The quantitative estimate of drug-likeness (QED) is 0.759. The van der Waals surface area contributed by atoms with Gasteiger partial charge in [0.25, 0.3) is 0 Å². The van der Waals surface area contributed by atoms with Gasteiger partial charge in [0, 0.05) is 24.3 Å². The van der Waals surface area contributed by atoms with Gasteiger partial charge in [-0.25, -0.2) is 8.42 Å². The number of ether oxygens (including phenoxy) is 2. The fraction of sp³-hybridized carbons (Fsp3) is 0.409. The van der Waals surface area contributed by atoms with Crippen LogP contribution < -0.4 is 10.1 Å². The number of methoxy groups -OCH3 is 1. The van der Waals surface area contributed by atoms with Crippen LogP contribution in [0, 0.1) is 6.92 Å². The molecular weight excluding hydrogens is 404 g/mol. The number of sulfonamides is 1. The lowest BCUT2D eigenvalue weighted by Gasteiger charge is -2.34. The van der Waals surface area contributed by atoms with Crippen molar-refractivity contribution < 1.29 is 22.7 Å². The third-order valence-corrected chi connectivity index (χ3v) is 6.79. The average Bonchev–Trinajstić information content (AvgIpc) is 2.68. The number of nitrogens with one attached hydrogen (secondary N) is 1. The van der Waals surface area contributed by atoms with Crippen LogP contribution in [0.5, 0.6) is 5.75 Å². The number of rotatable bonds is 6. The van der Waals surface area contributed by atoms with Crippen molar-refractivity contribution in [2.45, 2.75) is 44.3 Å². The fourth-order valence-corrected chi connectivity index (χ4v) is 5.20. The summed E-state index contributed by atoms with van der Waals surface area (Å²) in [4.78, 5) is 12.7. The Morgan fingerprint density at radius 1 is 1.13 bits per heavy atom. The van der Waals surface area contributed by atoms with Crippen LogP contribution in [0.3, 0.4) is 0 Å². The largest absolute Gasteiger partial charge is 0.496 e. The minimum atomic E-state index is -3.61. The first-order valence-electron chi connectivity index (χ1n) is 9.88. The Labute approximate surface area is 178 Å². The van der Waals surface area contributed by atoms with Crippen LogP contribution >= 0.6 is 0 Å². The molecule has 8 heteroatoms. The Hall–Kier alpha value is -2.42. The lowest BCUT2D eigenvalue weighted by Crippen LogP contribution is -2.48. The van der Waals surface area contributed by atoms with Gasteiger partial charge in [-0.1, -0.05) is 17.7 Å². The maximum absolute atomic E-state index is 12.9. The Balaban J connectivity index is 1.68. The summed E-state index contributed by atoms with van der Waals surface area (Å²) in [7, 11) is -2.04. The van der Waals surface area contributed by atoms with Crippen molar-refractivity contribution in [1.82, 2.24) is 4.31 Å². The predicted molar refractivity (Wildman–Crippen MR) is 115 cm³/mol. The van der Waals surface area contributed by atoms with Gasteiger partial charge in [0.15, 0.2) is 0 Å². The van der Waals surface area contributed by atoms with Crippen molar-refractivity contribution >= 4 is 21.6 Å². The van der Waals surface area contributed by atoms with E-state index in [1.165, 1.54) is 16.4 Å². The Morgan fingerprint density at radius 2 is 1.77 bits per heavy atom. The molecule has 3 rings (SSSR count). The van der Waals surface area contributed by atoms with Gasteiger partial charge in [-0.2, -0.15) is 4.31 Å². The molecule has 2 atom stereocenters. The van der Waals surface area contributed by atoms with Crippen LogP contribution in [0.4, 0.5) is 5.69 Å². The number of morpholine rings is 1. The van der Waals surface area contributed by atoms with E-state index in [0.717, 1.165) is 11.1 Å². The topological polar surface area (TPSA) is 84.9 Å². The molecule has 0 aromatic heterocycles. The number of amides is 1. The molecule has 1 saturated heterocycles. The summed E-state index contributed by atoms with van der Waals surface area (Å²) in [6, 6.07) is 11.9. The molecular formula is C22H28N2O5S. The molecule has 0 bridgehead atoms. The third-order valence-electron chi connectivity index (χ3n) is 4.95. The Morgan fingerprint density at radius 3 is 2.37 bits per heavy atom. The molecule has 1 N–H and O–H groups in total. The zero-order valence-electron chi connectivity index (χ0n) is 17.7. The molecule has 0 saturated carbocycles. The Bertz CT molecular complexity index is 995. The van der Waals surface area contributed by atoms with Crippen molar-refractivity contribution in [1.29, 1.82) is 0 Å². The molecule has 0 radical (unpaired) electrons. The lowest BCUT2D eigenvalue weighted by molar-refractivity contribution is -0.115. The van der Waals surface area contributed by atoms with E-state index >= 15 is 0 Å². The highest BCUT2D eigenvalue weighted by Gasteiger charge is 2.32. The number of carbonyl (C=O) groups excluding carboxylic acids is 1. The molecule has 0 spiro atoms. The molecule has 0 unspecified atom stereocenters. The number of benzene rings is 2. The summed E-state index contributed by atoms with van der Waals surface area (Å²) >= 11 is 0. The molecule has 0 aliphatic carbocycles. The highest BCUT2D eigenvalue weighted by molar-refractivity contribution is 7.89. The van der Waals surface area contributed by atoms with Crippen LogP contribution in [0.15, 0.2) is 47.4 Å². The molecule has 1 aliphatic heterocycles. The van der Waals surface area contributed by atoms with Crippen LogP contribution in [0.1, 0.15) is 25.0 Å². The second-order valence-corrected chi connectivity index (χ2v) is 9.58. The second kappa shape index (κ2) is 9.16. The van der Waals surface area contributed by atoms with Gasteiger partial charge in [-0.05, 0) is 51.1 Å². The van der Waals surface area contributed by atoms with E-state index in [2.05, 4.69) is 5.32 Å². The van der Waals surface area contributed by atoms with Crippen LogP contribution in [0.25, 0.3) is 0 Å². The van der Waals surface area contributed by atoms with E-state index in [9.17, 15) is 13.2 Å². The van der Waals surface area contributed by atoms with Gasteiger partial charge in [0.2, 0.25) is 15.9 Å². The standard InChI is InChI=1S/C22H28N2O5S/c1-15-5-10-21(28-4)18(11-15)12-22(25)23-19-6-8-20(9-7-19)30(26,27)24-13-16(2)29-17(3)14-24/h5-11,16-17H,12-14H2,1-4H3,(H,23,25)/t16-,17-/m0/s1. The zero-order valence-corrected chi connectivity index (χ0v) is 18.5. The molecule has 162 valence electrons. The summed E-state index contributed by atoms with van der Waals surface area (Å²) in [5.74, 6) is 0.455. The summed E-state index contributed by atoms with van der Waals surface area (Å²) < 4.78 is 38.2. The molecule has 1 fully saturated rings. The smallest absolute Gasteiger partial charge is 0.243 e. The molecule has 7 nitrogen and oxygen atoms in total. The normalized spacial score (nSPS) is 20.0. The van der Waals surface area contributed by atoms with E-state index in [1.54, 1.807) is 19.2 Å². The molecule has 1 amide bonds. The van der Waals surface area contributed by atoms with Gasteiger partial charge < -0.3 is 14.8 Å². The van der Waals surface area contributed by atoms with Crippen molar-refractivity contribution in [2.75, 3.05) is 25.5 Å². The monoisotopic (exact) mass is 432 g/mol. The maximum Gasteiger partial charge on any atom is 0.243 e. The van der Waals surface area contributed by atoms with Crippen molar-refractivity contribution in [3.8, 4) is 5.75 Å². The molecule has 30 heavy (non-hydrogen) atoms. The molecule has 2 aromatic rings. The van der Waals surface area contributed by atoms with Gasteiger partial charge in [0.1, 0.15) is 5.75 Å². The SMILES string of the molecule is COc1ccc(C)cc1CC(=O)Nc1ccc(S(=O)(=O)N2C[C@H](C)O[C@@H](C)C2)cc1. The number of hydrogen-bond donors (Lipinski definition) is 1. The summed E-state index contributed by atoms with van der Waals surface area (Å²) in [5, 5.41) is 2.81. The number of carbonyl (C=O) groups is 1. The fourth-order valence-electron chi connectivity index (χ4n) is 3.61. The van der Waals surface area contributed by atoms with Gasteiger partial charge in [0.05, 0.1) is 30.6 Å². The van der Waals surface area contributed by atoms with Gasteiger partial charge in [-0.3, -0.25) is 4.79 Å². The number of nitrogens with zero attached hydrogens (tertiary/aromatic N) is 1. The first-order chi connectivity index (χ1) is 14.2. The van der Waals surface area contributed by atoms with Crippen molar-refractivity contribution in [3.63, 3.8) is 0 Å². The molecule has 2 aromatic carbocycles. The average molecular weight is 433 g/mol. The zero-order chi connectivity index (χ0) is 21.9.